The van der Waals surface area contributed by atoms with Crippen LogP contribution in [0.15, 0.2) is 0 Å². The summed E-state index contributed by atoms with van der Waals surface area (Å²) in [5.74, 6) is 0. The average Bonchev–Trinajstić information content (AvgIpc) is 2.16. The van der Waals surface area contributed by atoms with E-state index in [1.54, 1.807) is 0 Å². The Bertz CT molecular complexity index is 178. The Morgan fingerprint density at radius 2 is 1.28 bits per heavy atom. The minimum absolute atomic E-state index is 0. The van der Waals surface area contributed by atoms with Crippen molar-refractivity contribution in [2.45, 2.75) is 45.4 Å². The smallest absolute Gasteiger partial charge is 0.323 e. The van der Waals surface area contributed by atoms with Gasteiger partial charge in [-0.05, 0) is 6.42 Å². The predicted molar refractivity (Wildman–Crippen MR) is 74.0 cm³/mol. The molecule has 2 atom stereocenters. The molecule has 0 radical (unpaired) electrons. The molecule has 10 heteroatoms. The van der Waals surface area contributed by atoms with E-state index in [0.717, 1.165) is 6.42 Å². The molecule has 0 saturated carbocycles. The zero-order chi connectivity index (χ0) is 12.8. The second-order valence-electron chi connectivity index (χ2n) is 3.13. The molecule has 8 nitrogen and oxygen atoms in total. The number of aliphatic hydroxyl groups is 1. The van der Waals surface area contributed by atoms with Gasteiger partial charge in [0.2, 0.25) is 0 Å². The summed E-state index contributed by atoms with van der Waals surface area (Å²) in [5.41, 5.74) is 0. The Labute approximate surface area is 110 Å². The van der Waals surface area contributed by atoms with Crippen LogP contribution in [-0.4, -0.2) is 21.5 Å². The van der Waals surface area contributed by atoms with Gasteiger partial charge in [0, 0.05) is 6.61 Å². The maximum absolute atomic E-state index is 9.44. The van der Waals surface area contributed by atoms with E-state index in [0.29, 0.717) is 6.61 Å². The number of aliphatic hydroxyl groups excluding tert-OH is 1. The quantitative estimate of drug-likeness (QED) is 0.335. The molecule has 0 heterocycles. The molecule has 9 N–H and O–H groups in total. The number of hydrogen-bond acceptors (Lipinski definition) is 6. The minimum atomic E-state index is -3.20. The van der Waals surface area contributed by atoms with Crippen molar-refractivity contribution in [3.05, 3.63) is 0 Å². The molecule has 116 valence electrons. The number of rotatable bonds is 8. The van der Waals surface area contributed by atoms with Gasteiger partial charge in [-0.1, -0.05) is 39.0 Å². The van der Waals surface area contributed by atoms with Gasteiger partial charge >= 0.3 is 16.5 Å². The van der Waals surface area contributed by atoms with E-state index >= 15 is 0 Å². The maximum atomic E-state index is 9.44. The monoisotopic (exact) mass is 310 g/mol. The molecule has 0 aliphatic heterocycles. The first-order valence-corrected chi connectivity index (χ1v) is 7.81. The zero-order valence-corrected chi connectivity index (χ0v) is 12.9. The maximum Gasteiger partial charge on any atom is 0.323 e. The Balaban J connectivity index is -0.000000100. The lowest BCUT2D eigenvalue weighted by molar-refractivity contribution is 0.282. The molecule has 0 rings (SSSR count). The first-order chi connectivity index (χ1) is 7.54. The fraction of sp³-hybridized carbons (Fsp3) is 1.00. The third-order valence-electron chi connectivity index (χ3n) is 1.69. The highest BCUT2D eigenvalue weighted by molar-refractivity contribution is 7.46. The summed E-state index contributed by atoms with van der Waals surface area (Å²) in [6.07, 6.45) is 7.50. The van der Waals surface area contributed by atoms with Gasteiger partial charge in [-0.2, -0.15) is 0 Å². The Kier molecular flexibility index (Phi) is 33.3. The van der Waals surface area contributed by atoms with Crippen molar-refractivity contribution < 1.29 is 28.3 Å². The second kappa shape index (κ2) is 22.4. The van der Waals surface area contributed by atoms with Gasteiger partial charge in [0.1, 0.15) is 0 Å². The van der Waals surface area contributed by atoms with Crippen molar-refractivity contribution in [1.82, 2.24) is 12.3 Å². The SMILES string of the molecule is CCCCCCCCO.N.N.O=[PH](O)O[PH](=O)O. The molecular weight excluding hydrogens is 282 g/mol. The molecule has 0 aliphatic carbocycles. The highest BCUT2D eigenvalue weighted by Gasteiger charge is 1.93. The lowest BCUT2D eigenvalue weighted by Crippen LogP contribution is -1.82. The molecule has 0 bridgehead atoms. The highest BCUT2D eigenvalue weighted by Crippen LogP contribution is 2.30. The normalized spacial score (nSPS) is 12.2. The van der Waals surface area contributed by atoms with Gasteiger partial charge in [0.05, 0.1) is 0 Å². The summed E-state index contributed by atoms with van der Waals surface area (Å²) in [6.45, 7) is 2.58. The van der Waals surface area contributed by atoms with E-state index < -0.39 is 16.5 Å². The molecule has 0 aromatic carbocycles. The number of hydrogen-bond donors (Lipinski definition) is 5. The predicted octanol–water partition coefficient (Wildman–Crippen LogP) is 2.43. The fourth-order valence-electron chi connectivity index (χ4n) is 0.967. The van der Waals surface area contributed by atoms with Crippen LogP contribution in [0.25, 0.3) is 0 Å². The highest BCUT2D eigenvalue weighted by atomic mass is 31.2. The molecule has 0 aromatic rings. The summed E-state index contributed by atoms with van der Waals surface area (Å²) in [4.78, 5) is 15.4. The third-order valence-corrected chi connectivity index (χ3v) is 3.08. The zero-order valence-electron chi connectivity index (χ0n) is 10.9. The van der Waals surface area contributed by atoms with E-state index in [1.165, 1.54) is 32.1 Å². The summed E-state index contributed by atoms with van der Waals surface area (Å²) >= 11 is 0. The van der Waals surface area contributed by atoms with Crippen molar-refractivity contribution in [1.29, 1.82) is 0 Å². The molecular formula is C8H28N2O6P2. The molecule has 18 heavy (non-hydrogen) atoms. The Morgan fingerprint density at radius 3 is 1.56 bits per heavy atom. The van der Waals surface area contributed by atoms with Crippen molar-refractivity contribution in [3.8, 4) is 0 Å². The lowest BCUT2D eigenvalue weighted by Gasteiger charge is -1.95. The summed E-state index contributed by atoms with van der Waals surface area (Å²) in [6, 6.07) is 0. The topological polar surface area (TPSA) is 174 Å². The van der Waals surface area contributed by atoms with Crippen molar-refractivity contribution >= 4 is 16.5 Å². The number of unbranched alkanes of at least 4 members (excludes halogenated alkanes) is 5. The minimum Gasteiger partial charge on any atom is -0.396 e. The van der Waals surface area contributed by atoms with Crippen LogP contribution in [0, 0.1) is 0 Å². The van der Waals surface area contributed by atoms with E-state index in [2.05, 4.69) is 11.2 Å². The summed E-state index contributed by atoms with van der Waals surface area (Å²) < 4.78 is 22.3. The Morgan fingerprint density at radius 1 is 0.889 bits per heavy atom. The van der Waals surface area contributed by atoms with E-state index in [-0.39, 0.29) is 12.3 Å². The van der Waals surface area contributed by atoms with Crippen LogP contribution in [-0.2, 0) is 13.4 Å². The molecule has 2 unspecified atom stereocenters. The van der Waals surface area contributed by atoms with E-state index in [9.17, 15) is 9.13 Å². The molecule has 0 fully saturated rings. The van der Waals surface area contributed by atoms with Crippen molar-refractivity contribution in [2.75, 3.05) is 6.61 Å². The molecule has 0 aromatic heterocycles. The third kappa shape index (κ3) is 36.0. The van der Waals surface area contributed by atoms with Gasteiger partial charge in [-0.3, -0.25) is 9.13 Å². The van der Waals surface area contributed by atoms with Gasteiger partial charge < -0.3 is 27.2 Å². The average molecular weight is 310 g/mol. The molecule has 0 amide bonds. The molecule has 0 spiro atoms. The van der Waals surface area contributed by atoms with Crippen LogP contribution in [0.5, 0.6) is 0 Å². The van der Waals surface area contributed by atoms with E-state index in [4.69, 9.17) is 14.9 Å². The fourth-order valence-corrected chi connectivity index (χ4v) is 1.56. The van der Waals surface area contributed by atoms with Crippen LogP contribution < -0.4 is 12.3 Å². The first-order valence-electron chi connectivity index (χ1n) is 5.29. The van der Waals surface area contributed by atoms with Crippen LogP contribution in [0.1, 0.15) is 45.4 Å². The van der Waals surface area contributed by atoms with Gasteiger partial charge in [0.15, 0.2) is 0 Å². The van der Waals surface area contributed by atoms with Crippen LogP contribution in [0.4, 0.5) is 0 Å². The largest absolute Gasteiger partial charge is 0.396 e. The molecule has 0 aliphatic rings. The van der Waals surface area contributed by atoms with Crippen molar-refractivity contribution in [2.24, 2.45) is 0 Å². The van der Waals surface area contributed by atoms with Gasteiger partial charge in [-0.15, -0.1) is 0 Å². The summed E-state index contributed by atoms with van der Waals surface area (Å²) in [5, 5.41) is 8.42. The van der Waals surface area contributed by atoms with Gasteiger partial charge in [0.25, 0.3) is 0 Å². The lowest BCUT2D eigenvalue weighted by atomic mass is 10.1. The second-order valence-corrected chi connectivity index (χ2v) is 5.01. The van der Waals surface area contributed by atoms with Crippen LogP contribution in [0.2, 0.25) is 0 Å². The van der Waals surface area contributed by atoms with Crippen molar-refractivity contribution in [3.63, 3.8) is 0 Å². The van der Waals surface area contributed by atoms with Crippen LogP contribution in [0.3, 0.4) is 0 Å². The summed E-state index contributed by atoms with van der Waals surface area (Å²) in [7, 11) is -6.40. The molecule has 0 saturated heterocycles. The first kappa shape index (κ1) is 26.7. The van der Waals surface area contributed by atoms with Gasteiger partial charge in [-0.25, -0.2) is 4.31 Å². The standard InChI is InChI=1S/C8H18O.2H3N.H4O5P2/c1-2-3-4-5-6-7-8-9;;;1-6(2)5-7(3)4/h9H,2-8H2,1H3;2*1H3;6-7H,(H,1,2)(H,3,4). The van der Waals surface area contributed by atoms with Crippen LogP contribution >= 0.6 is 16.5 Å². The van der Waals surface area contributed by atoms with E-state index in [1.807, 2.05) is 0 Å². The Hall–Kier alpha value is 0.220.